The number of nitrogens with one attached hydrogen (secondary N) is 1. The summed E-state index contributed by atoms with van der Waals surface area (Å²) >= 11 is 1.58. The lowest BCUT2D eigenvalue weighted by molar-refractivity contribution is -0.120. The van der Waals surface area contributed by atoms with Gasteiger partial charge >= 0.3 is 0 Å². The molecule has 5 heteroatoms. The van der Waals surface area contributed by atoms with Gasteiger partial charge in [0.2, 0.25) is 5.91 Å². The Morgan fingerprint density at radius 3 is 2.73 bits per heavy atom. The number of aromatic nitrogens is 1. The minimum absolute atomic E-state index is 0.0507. The Labute approximate surface area is 136 Å². The standard InChI is InChI=1S/C17H23N3OS/c1-20(2)11-7-6-10-18-16(21)12-15-13-22-17(19-15)14-8-4-3-5-9-14/h3-5,8-9,13H,6-7,10-12H2,1-2H3,(H,18,21). The zero-order chi connectivity index (χ0) is 15.8. The van der Waals surface area contributed by atoms with Crippen LogP contribution in [-0.4, -0.2) is 43.0 Å². The van der Waals surface area contributed by atoms with E-state index in [0.717, 1.165) is 42.2 Å². The summed E-state index contributed by atoms with van der Waals surface area (Å²) in [6.07, 6.45) is 2.47. The Kier molecular flexibility index (Phi) is 6.55. The first-order chi connectivity index (χ1) is 10.6. The highest BCUT2D eigenvalue weighted by Gasteiger charge is 2.08. The lowest BCUT2D eigenvalue weighted by Crippen LogP contribution is -2.26. The third-order valence-electron chi connectivity index (χ3n) is 3.27. The molecule has 4 nitrogen and oxygen atoms in total. The zero-order valence-electron chi connectivity index (χ0n) is 13.2. The average Bonchev–Trinajstić information content (AvgIpc) is 2.96. The Balaban J connectivity index is 1.74. The lowest BCUT2D eigenvalue weighted by Gasteiger charge is -2.09. The van der Waals surface area contributed by atoms with Gasteiger partial charge in [-0.05, 0) is 33.5 Å². The van der Waals surface area contributed by atoms with Crippen LogP contribution in [0.15, 0.2) is 35.7 Å². The van der Waals surface area contributed by atoms with Gasteiger partial charge in [-0.2, -0.15) is 0 Å². The number of rotatable bonds is 8. The van der Waals surface area contributed by atoms with Gasteiger partial charge in [0, 0.05) is 17.5 Å². The predicted octanol–water partition coefficient (Wildman–Crippen LogP) is 2.81. The van der Waals surface area contributed by atoms with Gasteiger partial charge in [-0.25, -0.2) is 4.98 Å². The van der Waals surface area contributed by atoms with Crippen molar-refractivity contribution in [1.29, 1.82) is 0 Å². The molecule has 1 heterocycles. The molecule has 0 saturated heterocycles. The minimum Gasteiger partial charge on any atom is -0.356 e. The highest BCUT2D eigenvalue weighted by atomic mass is 32.1. The van der Waals surface area contributed by atoms with Crippen LogP contribution in [0.5, 0.6) is 0 Å². The van der Waals surface area contributed by atoms with Gasteiger partial charge in [0.05, 0.1) is 12.1 Å². The summed E-state index contributed by atoms with van der Waals surface area (Å²) in [5.41, 5.74) is 1.94. The number of unbranched alkanes of at least 4 members (excludes halogenated alkanes) is 1. The maximum absolute atomic E-state index is 11.9. The predicted molar refractivity (Wildman–Crippen MR) is 92.1 cm³/mol. The van der Waals surface area contributed by atoms with Crippen molar-refractivity contribution in [2.24, 2.45) is 0 Å². The molecule has 0 saturated carbocycles. The first-order valence-corrected chi connectivity index (χ1v) is 8.44. The second kappa shape index (κ2) is 8.66. The molecule has 2 rings (SSSR count). The van der Waals surface area contributed by atoms with E-state index in [1.54, 1.807) is 11.3 Å². The summed E-state index contributed by atoms with van der Waals surface area (Å²) in [4.78, 5) is 18.6. The fourth-order valence-electron chi connectivity index (χ4n) is 2.11. The van der Waals surface area contributed by atoms with Crippen LogP contribution in [0.3, 0.4) is 0 Å². The molecular formula is C17H23N3OS. The lowest BCUT2D eigenvalue weighted by atomic mass is 10.2. The van der Waals surface area contributed by atoms with Crippen LogP contribution in [0.25, 0.3) is 10.6 Å². The van der Waals surface area contributed by atoms with Crippen LogP contribution in [0.2, 0.25) is 0 Å². The fourth-order valence-corrected chi connectivity index (χ4v) is 2.94. The molecule has 0 aliphatic rings. The van der Waals surface area contributed by atoms with Crippen molar-refractivity contribution in [2.75, 3.05) is 27.2 Å². The number of amides is 1. The van der Waals surface area contributed by atoms with Gasteiger partial charge in [-0.15, -0.1) is 11.3 Å². The number of thiazole rings is 1. The van der Waals surface area contributed by atoms with Crippen LogP contribution in [0, 0.1) is 0 Å². The van der Waals surface area contributed by atoms with Crippen molar-refractivity contribution in [3.63, 3.8) is 0 Å². The number of carbonyl (C=O) groups excluding carboxylic acids is 1. The Hall–Kier alpha value is -1.72. The Morgan fingerprint density at radius 2 is 2.00 bits per heavy atom. The van der Waals surface area contributed by atoms with Crippen molar-refractivity contribution in [3.05, 3.63) is 41.4 Å². The summed E-state index contributed by atoms with van der Waals surface area (Å²) in [5.74, 6) is 0.0507. The van der Waals surface area contributed by atoms with Gasteiger partial charge < -0.3 is 10.2 Å². The van der Waals surface area contributed by atoms with Gasteiger partial charge in [-0.1, -0.05) is 30.3 Å². The maximum Gasteiger partial charge on any atom is 0.226 e. The molecule has 0 aliphatic carbocycles. The van der Waals surface area contributed by atoms with Crippen LogP contribution >= 0.6 is 11.3 Å². The minimum atomic E-state index is 0.0507. The van der Waals surface area contributed by atoms with E-state index in [2.05, 4.69) is 29.3 Å². The maximum atomic E-state index is 11.9. The molecule has 1 aromatic carbocycles. The van der Waals surface area contributed by atoms with E-state index < -0.39 is 0 Å². The average molecular weight is 317 g/mol. The third kappa shape index (κ3) is 5.58. The number of benzene rings is 1. The van der Waals surface area contributed by atoms with Gasteiger partial charge in [0.1, 0.15) is 5.01 Å². The largest absolute Gasteiger partial charge is 0.356 e. The van der Waals surface area contributed by atoms with Crippen molar-refractivity contribution in [1.82, 2.24) is 15.2 Å². The third-order valence-corrected chi connectivity index (χ3v) is 4.21. The summed E-state index contributed by atoms with van der Waals surface area (Å²) in [7, 11) is 4.12. The number of carbonyl (C=O) groups is 1. The highest BCUT2D eigenvalue weighted by Crippen LogP contribution is 2.23. The number of nitrogens with zero attached hydrogens (tertiary/aromatic N) is 2. The summed E-state index contributed by atoms with van der Waals surface area (Å²) in [6, 6.07) is 10.1. The van der Waals surface area contributed by atoms with E-state index in [0.29, 0.717) is 6.42 Å². The summed E-state index contributed by atoms with van der Waals surface area (Å²) < 4.78 is 0. The van der Waals surface area contributed by atoms with Crippen LogP contribution in [0.1, 0.15) is 18.5 Å². The molecule has 0 radical (unpaired) electrons. The summed E-state index contributed by atoms with van der Waals surface area (Å²) in [5, 5.41) is 5.89. The molecule has 0 aliphatic heterocycles. The van der Waals surface area contributed by atoms with Crippen LogP contribution in [-0.2, 0) is 11.2 Å². The first-order valence-electron chi connectivity index (χ1n) is 7.56. The molecule has 0 spiro atoms. The van der Waals surface area contributed by atoms with Crippen molar-refractivity contribution >= 4 is 17.2 Å². The van der Waals surface area contributed by atoms with Crippen LogP contribution < -0.4 is 5.32 Å². The smallest absolute Gasteiger partial charge is 0.226 e. The van der Waals surface area contributed by atoms with E-state index in [4.69, 9.17) is 0 Å². The molecule has 1 N–H and O–H groups in total. The van der Waals surface area contributed by atoms with Gasteiger partial charge in [0.25, 0.3) is 0 Å². The highest BCUT2D eigenvalue weighted by molar-refractivity contribution is 7.13. The molecule has 1 amide bonds. The van der Waals surface area contributed by atoms with Crippen molar-refractivity contribution in [2.45, 2.75) is 19.3 Å². The SMILES string of the molecule is CN(C)CCCCNC(=O)Cc1csc(-c2ccccc2)n1. The monoisotopic (exact) mass is 317 g/mol. The molecular weight excluding hydrogens is 294 g/mol. The van der Waals surface area contributed by atoms with Crippen molar-refractivity contribution in [3.8, 4) is 10.6 Å². The van der Waals surface area contributed by atoms with E-state index in [1.807, 2.05) is 35.7 Å². The topological polar surface area (TPSA) is 45.2 Å². The molecule has 118 valence electrons. The normalized spacial score (nSPS) is 10.9. The Bertz CT molecular complexity index is 581. The van der Waals surface area contributed by atoms with E-state index >= 15 is 0 Å². The van der Waals surface area contributed by atoms with E-state index in [1.165, 1.54) is 0 Å². The first kappa shape index (κ1) is 16.6. The zero-order valence-corrected chi connectivity index (χ0v) is 14.0. The molecule has 2 aromatic rings. The van der Waals surface area contributed by atoms with Crippen molar-refractivity contribution < 1.29 is 4.79 Å². The second-order valence-corrected chi connectivity index (χ2v) is 6.41. The van der Waals surface area contributed by atoms with Crippen LogP contribution in [0.4, 0.5) is 0 Å². The number of hydrogen-bond donors (Lipinski definition) is 1. The van der Waals surface area contributed by atoms with Gasteiger partial charge in [0.15, 0.2) is 0 Å². The van der Waals surface area contributed by atoms with E-state index in [9.17, 15) is 4.79 Å². The molecule has 22 heavy (non-hydrogen) atoms. The summed E-state index contributed by atoms with van der Waals surface area (Å²) in [6.45, 7) is 1.80. The molecule has 0 fully saturated rings. The van der Waals surface area contributed by atoms with Gasteiger partial charge in [-0.3, -0.25) is 4.79 Å². The molecule has 0 atom stereocenters. The number of hydrogen-bond acceptors (Lipinski definition) is 4. The molecule has 1 aromatic heterocycles. The quantitative estimate of drug-likeness (QED) is 0.762. The van der Waals surface area contributed by atoms with E-state index in [-0.39, 0.29) is 5.91 Å². The fraction of sp³-hybridized carbons (Fsp3) is 0.412. The Morgan fingerprint density at radius 1 is 1.23 bits per heavy atom. The second-order valence-electron chi connectivity index (χ2n) is 5.55. The molecule has 0 unspecified atom stereocenters. The molecule has 0 bridgehead atoms.